The summed E-state index contributed by atoms with van der Waals surface area (Å²) in [6, 6.07) is 0.164. The Kier molecular flexibility index (Phi) is 4.69. The van der Waals surface area contributed by atoms with E-state index in [0.29, 0.717) is 0 Å². The summed E-state index contributed by atoms with van der Waals surface area (Å²) in [5, 5.41) is 11.5. The average molecular weight is 304 g/mol. The van der Waals surface area contributed by atoms with Gasteiger partial charge < -0.3 is 10.2 Å². The van der Waals surface area contributed by atoms with Crippen LogP contribution in [0.2, 0.25) is 0 Å². The number of aryl methyl sites for hydroxylation is 1. The van der Waals surface area contributed by atoms with E-state index in [1.54, 1.807) is 0 Å². The monoisotopic (exact) mass is 303 g/mol. The van der Waals surface area contributed by atoms with Gasteiger partial charge in [0, 0.05) is 12.6 Å². The molecule has 0 fully saturated rings. The smallest absolute Gasteiger partial charge is 0.153 e. The van der Waals surface area contributed by atoms with E-state index < -0.39 is 0 Å². The molecular weight excluding hydrogens is 282 g/mol. The van der Waals surface area contributed by atoms with Gasteiger partial charge in [0.1, 0.15) is 0 Å². The van der Waals surface area contributed by atoms with Crippen LogP contribution in [0.3, 0.4) is 0 Å². The lowest BCUT2D eigenvalue weighted by molar-refractivity contribution is 0.112. The van der Waals surface area contributed by atoms with Crippen molar-refractivity contribution in [2.75, 3.05) is 21.1 Å². The molecule has 0 aliphatic rings. The van der Waals surface area contributed by atoms with E-state index in [0.717, 1.165) is 16.7 Å². The van der Waals surface area contributed by atoms with Crippen LogP contribution in [0.4, 0.5) is 0 Å². The average Bonchev–Trinajstić information content (AvgIpc) is 2.61. The summed E-state index contributed by atoms with van der Waals surface area (Å²) in [5.74, 6) is 0. The number of rotatable bonds is 5. The number of nitrogens with one attached hydrogen (secondary N) is 1. The van der Waals surface area contributed by atoms with E-state index in [9.17, 15) is 0 Å². The van der Waals surface area contributed by atoms with Gasteiger partial charge >= 0.3 is 0 Å². The molecule has 1 rings (SSSR count). The lowest BCUT2D eigenvalue weighted by Gasteiger charge is -2.42. The lowest BCUT2D eigenvalue weighted by atomic mass is 9.86. The van der Waals surface area contributed by atoms with Crippen molar-refractivity contribution >= 4 is 15.9 Å². The van der Waals surface area contributed by atoms with Crippen molar-refractivity contribution in [1.29, 1.82) is 0 Å². The van der Waals surface area contributed by atoms with Gasteiger partial charge in [-0.3, -0.25) is 0 Å². The minimum Gasteiger partial charge on any atom is -0.310 e. The number of aromatic nitrogens is 3. The molecule has 2 atom stereocenters. The van der Waals surface area contributed by atoms with E-state index in [1.807, 2.05) is 18.8 Å². The summed E-state index contributed by atoms with van der Waals surface area (Å²) in [4.78, 5) is 2.24. The molecule has 1 aromatic heterocycles. The zero-order chi connectivity index (χ0) is 13.2. The van der Waals surface area contributed by atoms with Crippen LogP contribution in [0.5, 0.6) is 0 Å². The molecule has 1 N–H and O–H groups in total. The van der Waals surface area contributed by atoms with Gasteiger partial charge in [-0.15, -0.1) is 5.10 Å². The minimum absolute atomic E-state index is 0.00669. The second-order valence-corrected chi connectivity index (χ2v) is 5.47. The Morgan fingerprint density at radius 1 is 1.53 bits per heavy atom. The highest BCUT2D eigenvalue weighted by Crippen LogP contribution is 2.34. The summed E-state index contributed by atoms with van der Waals surface area (Å²) in [6.45, 7) is 4.44. The molecular formula is C11H22BrN5. The molecule has 0 spiro atoms. The first kappa shape index (κ1) is 14.6. The van der Waals surface area contributed by atoms with Gasteiger partial charge in [-0.05, 0) is 50.4 Å². The third-order valence-electron chi connectivity index (χ3n) is 3.75. The SMILES string of the molecule is CCC(C)(C(NC)c1c(Br)nnn1C)N(C)C. The Bertz CT molecular complexity index is 356. The van der Waals surface area contributed by atoms with Crippen molar-refractivity contribution in [3.8, 4) is 0 Å². The molecule has 0 saturated carbocycles. The van der Waals surface area contributed by atoms with Gasteiger partial charge in [0.25, 0.3) is 0 Å². The van der Waals surface area contributed by atoms with E-state index in [4.69, 9.17) is 0 Å². The fourth-order valence-corrected chi connectivity index (χ4v) is 2.72. The van der Waals surface area contributed by atoms with Gasteiger partial charge in [-0.2, -0.15) is 0 Å². The molecule has 0 aliphatic carbocycles. The maximum absolute atomic E-state index is 4.06. The number of halogens is 1. The summed E-state index contributed by atoms with van der Waals surface area (Å²) >= 11 is 3.48. The van der Waals surface area contributed by atoms with E-state index in [2.05, 4.69) is 64.4 Å². The highest BCUT2D eigenvalue weighted by molar-refractivity contribution is 9.10. The Hall–Kier alpha value is -0.460. The molecule has 6 heteroatoms. The largest absolute Gasteiger partial charge is 0.310 e. The van der Waals surface area contributed by atoms with Crippen LogP contribution in [0.1, 0.15) is 32.0 Å². The van der Waals surface area contributed by atoms with Crippen molar-refractivity contribution in [2.24, 2.45) is 7.05 Å². The standard InChI is InChI=1S/C11H22BrN5/c1-7-11(2,16(4)5)9(13-3)8-10(12)14-15-17(8)6/h9,13H,7H2,1-6H3. The number of hydrogen-bond donors (Lipinski definition) is 1. The first-order valence-corrected chi connectivity index (χ1v) is 6.57. The maximum atomic E-state index is 4.06. The normalized spacial score (nSPS) is 17.2. The molecule has 0 saturated heterocycles. The molecule has 1 aromatic rings. The highest BCUT2D eigenvalue weighted by atomic mass is 79.9. The fraction of sp³-hybridized carbons (Fsp3) is 0.818. The zero-order valence-electron chi connectivity index (χ0n) is 11.5. The van der Waals surface area contributed by atoms with Crippen LogP contribution in [0, 0.1) is 0 Å². The van der Waals surface area contributed by atoms with Gasteiger partial charge in [-0.1, -0.05) is 12.1 Å². The topological polar surface area (TPSA) is 46.0 Å². The Labute approximate surface area is 112 Å². The predicted molar refractivity (Wildman–Crippen MR) is 72.9 cm³/mol. The van der Waals surface area contributed by atoms with Crippen LogP contribution in [0.15, 0.2) is 4.60 Å². The van der Waals surface area contributed by atoms with Gasteiger partial charge in [0.05, 0.1) is 11.7 Å². The molecule has 1 heterocycles. The molecule has 0 aliphatic heterocycles. The van der Waals surface area contributed by atoms with Crippen molar-refractivity contribution in [3.63, 3.8) is 0 Å². The first-order chi connectivity index (χ1) is 7.88. The van der Waals surface area contributed by atoms with Crippen molar-refractivity contribution in [3.05, 3.63) is 10.3 Å². The number of nitrogens with zero attached hydrogens (tertiary/aromatic N) is 4. The summed E-state index contributed by atoms with van der Waals surface area (Å²) in [6.07, 6.45) is 1.03. The maximum Gasteiger partial charge on any atom is 0.153 e. The van der Waals surface area contributed by atoms with Crippen LogP contribution < -0.4 is 5.32 Å². The van der Waals surface area contributed by atoms with Gasteiger partial charge in [0.15, 0.2) is 4.60 Å². The van der Waals surface area contributed by atoms with E-state index >= 15 is 0 Å². The molecule has 0 amide bonds. The van der Waals surface area contributed by atoms with E-state index in [-0.39, 0.29) is 11.6 Å². The molecule has 0 bridgehead atoms. The molecule has 5 nitrogen and oxygen atoms in total. The van der Waals surface area contributed by atoms with Crippen LogP contribution in [-0.4, -0.2) is 46.6 Å². The Balaban J connectivity index is 3.24. The van der Waals surface area contributed by atoms with Gasteiger partial charge in [0.2, 0.25) is 0 Å². The zero-order valence-corrected chi connectivity index (χ0v) is 13.0. The second-order valence-electron chi connectivity index (χ2n) is 4.72. The third-order valence-corrected chi connectivity index (χ3v) is 4.31. The Morgan fingerprint density at radius 3 is 2.41 bits per heavy atom. The van der Waals surface area contributed by atoms with Crippen molar-refractivity contribution in [1.82, 2.24) is 25.2 Å². The van der Waals surface area contributed by atoms with Crippen LogP contribution >= 0.6 is 15.9 Å². The van der Waals surface area contributed by atoms with E-state index in [1.165, 1.54) is 0 Å². The van der Waals surface area contributed by atoms with Crippen LogP contribution in [0.25, 0.3) is 0 Å². The molecule has 17 heavy (non-hydrogen) atoms. The lowest BCUT2D eigenvalue weighted by Crippen LogP contribution is -2.51. The highest BCUT2D eigenvalue weighted by Gasteiger charge is 2.38. The second kappa shape index (κ2) is 5.46. The summed E-state index contributed by atoms with van der Waals surface area (Å²) in [5.41, 5.74) is 1.08. The summed E-state index contributed by atoms with van der Waals surface area (Å²) in [7, 11) is 8.10. The predicted octanol–water partition coefficient (Wildman–Crippen LogP) is 1.57. The molecule has 2 unspecified atom stereocenters. The quantitative estimate of drug-likeness (QED) is 0.897. The summed E-state index contributed by atoms with van der Waals surface area (Å²) < 4.78 is 2.63. The minimum atomic E-state index is 0.00669. The number of hydrogen-bond acceptors (Lipinski definition) is 4. The molecule has 0 radical (unpaired) electrons. The van der Waals surface area contributed by atoms with Crippen molar-refractivity contribution in [2.45, 2.75) is 31.8 Å². The Morgan fingerprint density at radius 2 is 2.12 bits per heavy atom. The molecule has 0 aromatic carbocycles. The van der Waals surface area contributed by atoms with Crippen molar-refractivity contribution < 1.29 is 0 Å². The van der Waals surface area contributed by atoms with Crippen LogP contribution in [-0.2, 0) is 7.05 Å². The fourth-order valence-electron chi connectivity index (χ4n) is 2.17. The van der Waals surface area contributed by atoms with Gasteiger partial charge in [-0.25, -0.2) is 4.68 Å². The molecule has 98 valence electrons. The number of likely N-dealkylation sites (N-methyl/N-ethyl adjacent to an activating group) is 2. The first-order valence-electron chi connectivity index (χ1n) is 5.78. The third kappa shape index (κ3) is 2.53.